The van der Waals surface area contributed by atoms with E-state index in [0.29, 0.717) is 28.3 Å². The number of aryl methyl sites for hydroxylation is 2. The molecule has 2 aromatic carbocycles. The van der Waals surface area contributed by atoms with Crippen molar-refractivity contribution in [3.63, 3.8) is 0 Å². The summed E-state index contributed by atoms with van der Waals surface area (Å²) < 4.78 is 5.37. The number of unbranched alkanes of at least 4 members (excludes halogenated alkanes) is 2. The van der Waals surface area contributed by atoms with E-state index in [4.69, 9.17) is 22.1 Å². The molecule has 4 amide bonds. The number of para-hydroxylation sites is 1. The van der Waals surface area contributed by atoms with Gasteiger partial charge in [-0.2, -0.15) is 0 Å². The molecule has 10 nitrogen and oxygen atoms in total. The van der Waals surface area contributed by atoms with E-state index < -0.39 is 41.5 Å². The van der Waals surface area contributed by atoms with E-state index in [1.54, 1.807) is 65.0 Å². The Kier molecular flexibility index (Phi) is 12.7. The van der Waals surface area contributed by atoms with Gasteiger partial charge in [0.25, 0.3) is 5.91 Å². The highest BCUT2D eigenvalue weighted by Gasteiger charge is 2.36. The Hall–Kier alpha value is -3.79. The summed E-state index contributed by atoms with van der Waals surface area (Å²) >= 11 is 6.41. The molecule has 11 heteroatoms. The zero-order chi connectivity index (χ0) is 31.6. The predicted octanol–water partition coefficient (Wildman–Crippen LogP) is 5.52. The molecule has 2 aromatic rings. The SMILES string of the molecule is CCCCCN(C(=O)C(CCC(N)=O)NC(=O)OC(C)(C)C)C(C(=O)Nc1c(C)cccc1Cl)c1ccc(O)c(C)c1. The molecule has 0 aromatic heterocycles. The molecule has 2 unspecified atom stereocenters. The highest BCUT2D eigenvalue weighted by atomic mass is 35.5. The zero-order valence-electron chi connectivity index (χ0n) is 25.3. The monoisotopic (exact) mass is 602 g/mol. The van der Waals surface area contributed by atoms with Crippen LogP contribution in [0.3, 0.4) is 0 Å². The number of hydrogen-bond acceptors (Lipinski definition) is 6. The quantitative estimate of drug-likeness (QED) is 0.222. The number of alkyl carbamates (subject to hydrolysis) is 1. The second kappa shape index (κ2) is 15.4. The molecule has 2 atom stereocenters. The Morgan fingerprint density at radius 1 is 1.07 bits per heavy atom. The van der Waals surface area contributed by atoms with E-state index in [0.717, 1.165) is 18.4 Å². The summed E-state index contributed by atoms with van der Waals surface area (Å²) in [5.41, 5.74) is 6.64. The van der Waals surface area contributed by atoms with Gasteiger partial charge in [0, 0.05) is 13.0 Å². The summed E-state index contributed by atoms with van der Waals surface area (Å²) in [5.74, 6) is -1.73. The van der Waals surface area contributed by atoms with Crippen molar-refractivity contribution >= 4 is 41.1 Å². The minimum absolute atomic E-state index is 0.0367. The Morgan fingerprint density at radius 2 is 1.76 bits per heavy atom. The number of nitrogens with two attached hydrogens (primary N) is 1. The Labute approximate surface area is 252 Å². The highest BCUT2D eigenvalue weighted by Crippen LogP contribution is 2.31. The van der Waals surface area contributed by atoms with Gasteiger partial charge in [-0.05, 0) is 82.3 Å². The van der Waals surface area contributed by atoms with Crippen LogP contribution in [-0.4, -0.2) is 52.0 Å². The van der Waals surface area contributed by atoms with E-state index in [9.17, 15) is 24.3 Å². The molecule has 0 aliphatic carbocycles. The van der Waals surface area contributed by atoms with Crippen LogP contribution in [0.15, 0.2) is 36.4 Å². The van der Waals surface area contributed by atoms with Crippen LogP contribution in [0.5, 0.6) is 5.75 Å². The Morgan fingerprint density at radius 3 is 2.33 bits per heavy atom. The van der Waals surface area contributed by atoms with Crippen molar-refractivity contribution in [1.82, 2.24) is 10.2 Å². The van der Waals surface area contributed by atoms with Crippen LogP contribution in [0.4, 0.5) is 10.5 Å². The lowest BCUT2D eigenvalue weighted by molar-refractivity contribution is -0.141. The number of carbonyl (C=O) groups excluding carboxylic acids is 4. The Bertz CT molecular complexity index is 1260. The number of phenols is 1. The number of ether oxygens (including phenoxy) is 1. The molecule has 230 valence electrons. The number of amides is 4. The third kappa shape index (κ3) is 10.2. The van der Waals surface area contributed by atoms with Gasteiger partial charge in [-0.1, -0.05) is 49.6 Å². The first kappa shape index (κ1) is 34.4. The van der Waals surface area contributed by atoms with Crippen molar-refractivity contribution in [3.05, 3.63) is 58.1 Å². The van der Waals surface area contributed by atoms with Gasteiger partial charge in [0.05, 0.1) is 10.7 Å². The van der Waals surface area contributed by atoms with Crippen LogP contribution in [0, 0.1) is 13.8 Å². The molecule has 0 fully saturated rings. The molecule has 0 saturated carbocycles. The fourth-order valence-corrected chi connectivity index (χ4v) is 4.67. The summed E-state index contributed by atoms with van der Waals surface area (Å²) in [5, 5.41) is 16.0. The average Bonchev–Trinajstić information content (AvgIpc) is 2.88. The van der Waals surface area contributed by atoms with Gasteiger partial charge < -0.3 is 31.1 Å². The van der Waals surface area contributed by atoms with Crippen LogP contribution >= 0.6 is 11.6 Å². The number of nitrogens with one attached hydrogen (secondary N) is 2. The van der Waals surface area contributed by atoms with Crippen molar-refractivity contribution in [2.75, 3.05) is 11.9 Å². The molecule has 42 heavy (non-hydrogen) atoms. The van der Waals surface area contributed by atoms with Crippen molar-refractivity contribution in [2.24, 2.45) is 5.73 Å². The second-order valence-electron chi connectivity index (χ2n) is 11.3. The number of rotatable bonds is 13. The number of primary amides is 1. The van der Waals surface area contributed by atoms with Crippen molar-refractivity contribution in [3.8, 4) is 5.75 Å². The van der Waals surface area contributed by atoms with E-state index in [-0.39, 0.29) is 25.1 Å². The van der Waals surface area contributed by atoms with Crippen molar-refractivity contribution in [2.45, 2.75) is 91.3 Å². The van der Waals surface area contributed by atoms with Gasteiger partial charge >= 0.3 is 6.09 Å². The fourth-order valence-electron chi connectivity index (χ4n) is 4.40. The minimum atomic E-state index is -1.20. The number of phenolic OH excluding ortho intramolecular Hbond substituents is 1. The molecule has 0 radical (unpaired) electrons. The molecule has 0 bridgehead atoms. The van der Waals surface area contributed by atoms with E-state index in [1.807, 2.05) is 6.92 Å². The first-order valence-electron chi connectivity index (χ1n) is 14.1. The predicted molar refractivity (Wildman–Crippen MR) is 163 cm³/mol. The van der Waals surface area contributed by atoms with Crippen LogP contribution in [0.25, 0.3) is 0 Å². The standard InChI is InChI=1S/C31H43ClN4O6/c1-7-8-9-17-36(29(40)23(14-16-25(33)38)34-30(41)42-31(4,5)6)27(21-13-15-24(37)20(3)18-21)28(39)35-26-19(2)11-10-12-22(26)32/h10-13,15,18,23,27,37H,7-9,14,16-17H2,1-6H3,(H2,33,38)(H,34,41)(H,35,39). The number of hydrogen-bond donors (Lipinski definition) is 4. The largest absolute Gasteiger partial charge is 0.508 e. The molecule has 0 heterocycles. The second-order valence-corrected chi connectivity index (χ2v) is 11.7. The summed E-state index contributed by atoms with van der Waals surface area (Å²) in [4.78, 5) is 54.1. The molecule has 0 spiro atoms. The zero-order valence-corrected chi connectivity index (χ0v) is 26.0. The van der Waals surface area contributed by atoms with Crippen LogP contribution in [0.1, 0.15) is 82.5 Å². The Balaban J connectivity index is 2.63. The maximum absolute atomic E-state index is 14.3. The molecule has 0 aliphatic heterocycles. The maximum Gasteiger partial charge on any atom is 0.408 e. The summed E-state index contributed by atoms with van der Waals surface area (Å²) in [6.45, 7) is 10.7. The van der Waals surface area contributed by atoms with E-state index in [2.05, 4.69) is 10.6 Å². The molecular weight excluding hydrogens is 560 g/mol. The molecule has 0 aliphatic rings. The smallest absolute Gasteiger partial charge is 0.408 e. The number of benzene rings is 2. The first-order valence-corrected chi connectivity index (χ1v) is 14.5. The van der Waals surface area contributed by atoms with Gasteiger partial charge in [0.1, 0.15) is 23.4 Å². The van der Waals surface area contributed by atoms with Gasteiger partial charge in [-0.25, -0.2) is 4.79 Å². The van der Waals surface area contributed by atoms with Crippen LogP contribution in [0.2, 0.25) is 5.02 Å². The van der Waals surface area contributed by atoms with Crippen molar-refractivity contribution in [1.29, 1.82) is 0 Å². The topological polar surface area (TPSA) is 151 Å². The lowest BCUT2D eigenvalue weighted by Gasteiger charge is -2.35. The summed E-state index contributed by atoms with van der Waals surface area (Å²) in [6.07, 6.45) is 1.10. The number of aromatic hydroxyl groups is 1. The molecule has 5 N–H and O–H groups in total. The number of nitrogens with zero attached hydrogens (tertiary/aromatic N) is 1. The molecular formula is C31H43ClN4O6. The van der Waals surface area contributed by atoms with Crippen LogP contribution in [-0.2, 0) is 19.1 Å². The highest BCUT2D eigenvalue weighted by molar-refractivity contribution is 6.34. The van der Waals surface area contributed by atoms with Gasteiger partial charge in [0.15, 0.2) is 0 Å². The van der Waals surface area contributed by atoms with Gasteiger partial charge in [0.2, 0.25) is 11.8 Å². The number of halogens is 1. The number of anilines is 1. The maximum atomic E-state index is 14.3. The van der Waals surface area contributed by atoms with Crippen LogP contribution < -0.4 is 16.4 Å². The van der Waals surface area contributed by atoms with Gasteiger partial charge in [-0.15, -0.1) is 0 Å². The lowest BCUT2D eigenvalue weighted by atomic mass is 9.98. The molecule has 2 rings (SSSR count). The van der Waals surface area contributed by atoms with Crippen molar-refractivity contribution < 1.29 is 29.0 Å². The molecule has 0 saturated heterocycles. The first-order chi connectivity index (χ1) is 19.6. The normalized spacial score (nSPS) is 12.6. The third-order valence-corrected chi connectivity index (χ3v) is 6.84. The third-order valence-electron chi connectivity index (χ3n) is 6.52. The fraction of sp³-hybridized carbons (Fsp3) is 0.484. The number of carbonyl (C=O) groups is 4. The van der Waals surface area contributed by atoms with Gasteiger partial charge in [-0.3, -0.25) is 14.4 Å². The minimum Gasteiger partial charge on any atom is -0.508 e. The van der Waals surface area contributed by atoms with E-state index in [1.165, 1.54) is 11.0 Å². The summed E-state index contributed by atoms with van der Waals surface area (Å²) in [6, 6.07) is 7.52. The lowest BCUT2D eigenvalue weighted by Crippen LogP contribution is -2.53. The summed E-state index contributed by atoms with van der Waals surface area (Å²) in [7, 11) is 0. The van der Waals surface area contributed by atoms with E-state index >= 15 is 0 Å². The average molecular weight is 603 g/mol.